The number of hydrogen-bond acceptors (Lipinski definition) is 3. The summed E-state index contributed by atoms with van der Waals surface area (Å²) >= 11 is 3.23. The lowest BCUT2D eigenvalue weighted by molar-refractivity contribution is -0.137. The van der Waals surface area contributed by atoms with E-state index in [1.807, 2.05) is 0 Å². The minimum absolute atomic E-state index is 0.109. The predicted octanol–water partition coefficient (Wildman–Crippen LogP) is 2.12. The van der Waals surface area contributed by atoms with Gasteiger partial charge in [-0.15, -0.1) is 0 Å². The van der Waals surface area contributed by atoms with Gasteiger partial charge >= 0.3 is 5.97 Å². The van der Waals surface area contributed by atoms with Crippen LogP contribution in [0.1, 0.15) is 24.0 Å². The highest BCUT2D eigenvalue weighted by atomic mass is 79.9. The fourth-order valence-corrected chi connectivity index (χ4v) is 1.68. The third-order valence-corrected chi connectivity index (χ3v) is 2.53. The number of pyridine rings is 1. The molecule has 0 saturated carbocycles. The Balaban J connectivity index is 2.73. The van der Waals surface area contributed by atoms with Crippen molar-refractivity contribution in [1.82, 2.24) is 4.98 Å². The minimum Gasteiger partial charge on any atom is -0.481 e. The van der Waals surface area contributed by atoms with E-state index >= 15 is 0 Å². The van der Waals surface area contributed by atoms with Crippen molar-refractivity contribution in [3.63, 3.8) is 0 Å². The van der Waals surface area contributed by atoms with Crippen LogP contribution in [0.15, 0.2) is 16.9 Å². The number of carbonyl (C=O) groups is 1. The summed E-state index contributed by atoms with van der Waals surface area (Å²) in [5.41, 5.74) is 1.32. The Morgan fingerprint density at radius 3 is 2.93 bits per heavy atom. The van der Waals surface area contributed by atoms with Gasteiger partial charge in [0.2, 0.25) is 0 Å². The van der Waals surface area contributed by atoms with Gasteiger partial charge in [-0.2, -0.15) is 5.26 Å². The quantitative estimate of drug-likeness (QED) is 0.908. The molecule has 15 heavy (non-hydrogen) atoms. The van der Waals surface area contributed by atoms with Crippen molar-refractivity contribution < 1.29 is 9.90 Å². The van der Waals surface area contributed by atoms with Crippen LogP contribution >= 0.6 is 15.9 Å². The summed E-state index contributed by atoms with van der Waals surface area (Å²) in [6.45, 7) is 0. The predicted molar refractivity (Wildman–Crippen MR) is 57.2 cm³/mol. The topological polar surface area (TPSA) is 74.0 Å². The molecule has 0 bridgehead atoms. The molecule has 0 fully saturated rings. The molecule has 0 aromatic carbocycles. The number of aromatic nitrogens is 1. The van der Waals surface area contributed by atoms with E-state index in [0.717, 1.165) is 5.56 Å². The molecule has 0 amide bonds. The molecule has 1 aromatic rings. The van der Waals surface area contributed by atoms with Gasteiger partial charge in [0.05, 0.1) is 10.0 Å². The number of halogens is 1. The molecule has 1 rings (SSSR count). The Kier molecular flexibility index (Phi) is 4.25. The largest absolute Gasteiger partial charge is 0.481 e. The minimum atomic E-state index is -0.823. The molecule has 0 saturated heterocycles. The molecular weight excluding hydrogens is 260 g/mol. The van der Waals surface area contributed by atoms with Crippen LogP contribution in [0.25, 0.3) is 0 Å². The standard InChI is InChI=1S/C10H9BrN2O2/c11-9-6-13-5-7(8(9)4-12)2-1-3-10(14)15/h5-6H,1-3H2,(H,14,15). The van der Waals surface area contributed by atoms with Crippen LogP contribution in [-0.2, 0) is 11.2 Å². The lowest BCUT2D eigenvalue weighted by Crippen LogP contribution is -1.98. The molecule has 4 nitrogen and oxygen atoms in total. The Morgan fingerprint density at radius 1 is 1.60 bits per heavy atom. The molecule has 78 valence electrons. The van der Waals surface area contributed by atoms with E-state index in [2.05, 4.69) is 27.0 Å². The van der Waals surface area contributed by atoms with Gasteiger partial charge in [-0.3, -0.25) is 9.78 Å². The zero-order valence-electron chi connectivity index (χ0n) is 7.90. The first-order valence-corrected chi connectivity index (χ1v) is 5.18. The normalized spacial score (nSPS) is 9.60. The van der Waals surface area contributed by atoms with Crippen molar-refractivity contribution in [2.24, 2.45) is 0 Å². The lowest BCUT2D eigenvalue weighted by atomic mass is 10.1. The fraction of sp³-hybridized carbons (Fsp3) is 0.300. The molecule has 0 radical (unpaired) electrons. The van der Waals surface area contributed by atoms with E-state index in [0.29, 0.717) is 22.9 Å². The van der Waals surface area contributed by atoms with E-state index in [1.54, 1.807) is 12.4 Å². The fourth-order valence-electron chi connectivity index (χ4n) is 1.22. The summed E-state index contributed by atoms with van der Waals surface area (Å²) in [6, 6.07) is 2.07. The highest BCUT2D eigenvalue weighted by Crippen LogP contribution is 2.19. The van der Waals surface area contributed by atoms with Crippen LogP contribution in [-0.4, -0.2) is 16.1 Å². The Hall–Kier alpha value is -1.41. The van der Waals surface area contributed by atoms with Crippen LogP contribution in [0.4, 0.5) is 0 Å². The van der Waals surface area contributed by atoms with Crippen molar-refractivity contribution in [2.45, 2.75) is 19.3 Å². The maximum Gasteiger partial charge on any atom is 0.303 e. The molecule has 0 atom stereocenters. The SMILES string of the molecule is N#Cc1c(Br)cncc1CCCC(=O)O. The first-order chi connectivity index (χ1) is 7.15. The molecule has 1 N–H and O–H groups in total. The summed E-state index contributed by atoms with van der Waals surface area (Å²) in [4.78, 5) is 14.3. The highest BCUT2D eigenvalue weighted by molar-refractivity contribution is 9.10. The van der Waals surface area contributed by atoms with Crippen LogP contribution in [0.5, 0.6) is 0 Å². The lowest BCUT2D eigenvalue weighted by Gasteiger charge is -2.03. The van der Waals surface area contributed by atoms with Gasteiger partial charge in [0.25, 0.3) is 0 Å². The van der Waals surface area contributed by atoms with Crippen molar-refractivity contribution in [1.29, 1.82) is 5.26 Å². The molecule has 0 aliphatic rings. The second-order valence-electron chi connectivity index (χ2n) is 3.01. The third-order valence-electron chi connectivity index (χ3n) is 1.93. The second-order valence-corrected chi connectivity index (χ2v) is 3.87. The van der Waals surface area contributed by atoms with E-state index in [1.165, 1.54) is 0 Å². The zero-order chi connectivity index (χ0) is 11.3. The number of nitriles is 1. The van der Waals surface area contributed by atoms with Gasteiger partial charge < -0.3 is 5.11 Å². The van der Waals surface area contributed by atoms with Gasteiger partial charge in [-0.25, -0.2) is 0 Å². The van der Waals surface area contributed by atoms with Crippen LogP contribution in [0.2, 0.25) is 0 Å². The molecule has 0 spiro atoms. The Morgan fingerprint density at radius 2 is 2.33 bits per heavy atom. The first kappa shape index (κ1) is 11.7. The molecule has 1 heterocycles. The van der Waals surface area contributed by atoms with Crippen LogP contribution in [0, 0.1) is 11.3 Å². The maximum absolute atomic E-state index is 10.3. The van der Waals surface area contributed by atoms with Gasteiger partial charge in [0, 0.05) is 18.8 Å². The third kappa shape index (κ3) is 3.33. The second kappa shape index (κ2) is 5.47. The Labute approximate surface area is 95.7 Å². The van der Waals surface area contributed by atoms with Gasteiger partial charge in [0.15, 0.2) is 0 Å². The van der Waals surface area contributed by atoms with Crippen molar-refractivity contribution in [3.05, 3.63) is 28.0 Å². The van der Waals surface area contributed by atoms with Gasteiger partial charge in [0.1, 0.15) is 6.07 Å². The zero-order valence-corrected chi connectivity index (χ0v) is 9.49. The molecule has 5 heteroatoms. The van der Waals surface area contributed by atoms with E-state index < -0.39 is 5.97 Å². The van der Waals surface area contributed by atoms with Crippen molar-refractivity contribution in [3.8, 4) is 6.07 Å². The van der Waals surface area contributed by atoms with Crippen LogP contribution in [0.3, 0.4) is 0 Å². The number of aryl methyl sites for hydroxylation is 1. The molecular formula is C10H9BrN2O2. The number of carboxylic acid groups (broad SMARTS) is 1. The number of aliphatic carboxylic acids is 1. The van der Waals surface area contributed by atoms with E-state index in [-0.39, 0.29) is 6.42 Å². The van der Waals surface area contributed by atoms with E-state index in [9.17, 15) is 4.79 Å². The molecule has 0 unspecified atom stereocenters. The maximum atomic E-state index is 10.3. The number of carboxylic acids is 1. The van der Waals surface area contributed by atoms with Gasteiger partial charge in [-0.05, 0) is 34.3 Å². The van der Waals surface area contributed by atoms with Gasteiger partial charge in [-0.1, -0.05) is 0 Å². The highest BCUT2D eigenvalue weighted by Gasteiger charge is 2.07. The molecule has 1 aromatic heterocycles. The average molecular weight is 269 g/mol. The number of hydrogen-bond donors (Lipinski definition) is 1. The summed E-state index contributed by atoms with van der Waals surface area (Å²) in [6.07, 6.45) is 4.34. The average Bonchev–Trinajstić information content (AvgIpc) is 2.17. The Bertz CT molecular complexity index is 412. The van der Waals surface area contributed by atoms with Crippen molar-refractivity contribution in [2.75, 3.05) is 0 Å². The summed E-state index contributed by atoms with van der Waals surface area (Å²) in [5.74, 6) is -0.823. The smallest absolute Gasteiger partial charge is 0.303 e. The van der Waals surface area contributed by atoms with Crippen LogP contribution < -0.4 is 0 Å². The van der Waals surface area contributed by atoms with Crippen molar-refractivity contribution >= 4 is 21.9 Å². The first-order valence-electron chi connectivity index (χ1n) is 4.39. The number of rotatable bonds is 4. The molecule has 0 aliphatic carbocycles. The molecule has 0 aliphatic heterocycles. The van der Waals surface area contributed by atoms with E-state index in [4.69, 9.17) is 10.4 Å². The monoisotopic (exact) mass is 268 g/mol. The summed E-state index contributed by atoms with van der Waals surface area (Å²) in [5, 5.41) is 17.4. The number of nitrogens with zero attached hydrogens (tertiary/aromatic N) is 2. The summed E-state index contributed by atoms with van der Waals surface area (Å²) < 4.78 is 0.651. The summed E-state index contributed by atoms with van der Waals surface area (Å²) in [7, 11) is 0.